The second-order valence-corrected chi connectivity index (χ2v) is 2.74. The lowest BCUT2D eigenvalue weighted by Gasteiger charge is -2.11. The molecule has 0 radical (unpaired) electrons. The number of nitrogen functional groups attached to an aromatic ring is 1. The summed E-state index contributed by atoms with van der Waals surface area (Å²) in [5.41, 5.74) is 3.76. The Morgan fingerprint density at radius 3 is 2.31 bits per heavy atom. The number of benzene rings is 1. The summed E-state index contributed by atoms with van der Waals surface area (Å²) in [6, 6.07) is 2.08. The summed E-state index contributed by atoms with van der Waals surface area (Å²) in [7, 11) is 0. The number of aryl methyl sites for hydroxylation is 1. The predicted molar refractivity (Wildman–Crippen MR) is 42.3 cm³/mol. The highest BCUT2D eigenvalue weighted by Gasteiger charge is 2.34. The molecule has 0 heterocycles. The zero-order valence-corrected chi connectivity index (χ0v) is 6.81. The van der Waals surface area contributed by atoms with E-state index in [4.69, 9.17) is 10.8 Å². The van der Waals surface area contributed by atoms with E-state index < -0.39 is 23.2 Å². The molecule has 0 bridgehead atoms. The molecule has 0 amide bonds. The molecule has 2 nitrogen and oxygen atoms in total. The van der Waals surface area contributed by atoms with E-state index in [0.717, 1.165) is 6.07 Å². The number of phenolic OH excluding ortho intramolecular Hbond substituents is 1. The number of halogens is 3. The van der Waals surface area contributed by atoms with Crippen molar-refractivity contribution in [2.24, 2.45) is 0 Å². The standard InChI is InChI=1S/C8H8F3NO/c1-4-2-5(8(9,10)11)7(12)6(13)3-4/h2-3,13H,12H2,1H3. The first kappa shape index (κ1) is 9.70. The van der Waals surface area contributed by atoms with Crippen molar-refractivity contribution in [2.45, 2.75) is 13.1 Å². The van der Waals surface area contributed by atoms with Crippen LogP contribution in [-0.2, 0) is 6.18 Å². The molecule has 1 rings (SSSR count). The number of phenols is 1. The van der Waals surface area contributed by atoms with Crippen molar-refractivity contribution in [1.82, 2.24) is 0 Å². The lowest BCUT2D eigenvalue weighted by molar-refractivity contribution is -0.137. The van der Waals surface area contributed by atoms with Crippen LogP contribution in [0, 0.1) is 6.92 Å². The van der Waals surface area contributed by atoms with Gasteiger partial charge in [-0.3, -0.25) is 0 Å². The van der Waals surface area contributed by atoms with Crippen LogP contribution in [0.5, 0.6) is 5.75 Å². The Morgan fingerprint density at radius 1 is 1.31 bits per heavy atom. The maximum atomic E-state index is 12.2. The SMILES string of the molecule is Cc1cc(O)c(N)c(C(F)(F)F)c1. The van der Waals surface area contributed by atoms with Gasteiger partial charge < -0.3 is 10.8 Å². The summed E-state index contributed by atoms with van der Waals surface area (Å²) in [6.45, 7) is 1.45. The predicted octanol–water partition coefficient (Wildman–Crippen LogP) is 2.30. The van der Waals surface area contributed by atoms with E-state index >= 15 is 0 Å². The smallest absolute Gasteiger partial charge is 0.418 e. The number of alkyl halides is 3. The maximum absolute atomic E-state index is 12.2. The van der Waals surface area contributed by atoms with Crippen molar-refractivity contribution in [3.63, 3.8) is 0 Å². The molecule has 0 saturated carbocycles. The molecule has 0 aliphatic heterocycles. The first-order valence-corrected chi connectivity index (χ1v) is 3.48. The van der Waals surface area contributed by atoms with Crippen LogP contribution < -0.4 is 5.73 Å². The molecule has 72 valence electrons. The van der Waals surface area contributed by atoms with Gasteiger partial charge in [0.1, 0.15) is 5.75 Å². The minimum Gasteiger partial charge on any atom is -0.506 e. The number of hydrogen-bond donors (Lipinski definition) is 2. The van der Waals surface area contributed by atoms with Crippen molar-refractivity contribution in [3.05, 3.63) is 23.3 Å². The molecule has 0 aliphatic rings. The highest BCUT2D eigenvalue weighted by molar-refractivity contribution is 5.60. The van der Waals surface area contributed by atoms with E-state index in [9.17, 15) is 13.2 Å². The highest BCUT2D eigenvalue weighted by atomic mass is 19.4. The quantitative estimate of drug-likeness (QED) is 0.488. The van der Waals surface area contributed by atoms with Crippen LogP contribution in [0.15, 0.2) is 12.1 Å². The van der Waals surface area contributed by atoms with E-state index in [-0.39, 0.29) is 0 Å². The van der Waals surface area contributed by atoms with Crippen molar-refractivity contribution in [3.8, 4) is 5.75 Å². The Hall–Kier alpha value is -1.39. The van der Waals surface area contributed by atoms with E-state index in [0.29, 0.717) is 5.56 Å². The highest BCUT2D eigenvalue weighted by Crippen LogP contribution is 2.38. The Kier molecular flexibility index (Phi) is 2.11. The van der Waals surface area contributed by atoms with Gasteiger partial charge in [0.15, 0.2) is 0 Å². The zero-order valence-electron chi connectivity index (χ0n) is 6.81. The molecule has 0 fully saturated rings. The number of anilines is 1. The van der Waals surface area contributed by atoms with Gasteiger partial charge >= 0.3 is 6.18 Å². The van der Waals surface area contributed by atoms with Crippen molar-refractivity contribution in [1.29, 1.82) is 0 Å². The molecule has 5 heteroatoms. The molecule has 0 aromatic heterocycles. The van der Waals surface area contributed by atoms with Crippen LogP contribution in [0.3, 0.4) is 0 Å². The normalized spacial score (nSPS) is 11.7. The fourth-order valence-electron chi connectivity index (χ4n) is 1.01. The van der Waals surface area contributed by atoms with Gasteiger partial charge in [0, 0.05) is 0 Å². The summed E-state index contributed by atoms with van der Waals surface area (Å²) in [5.74, 6) is -0.535. The van der Waals surface area contributed by atoms with Crippen molar-refractivity contribution < 1.29 is 18.3 Å². The largest absolute Gasteiger partial charge is 0.506 e. The lowest BCUT2D eigenvalue weighted by Crippen LogP contribution is -2.09. The molecule has 0 saturated heterocycles. The fraction of sp³-hybridized carbons (Fsp3) is 0.250. The summed E-state index contributed by atoms with van der Waals surface area (Å²) in [6.07, 6.45) is -4.52. The van der Waals surface area contributed by atoms with E-state index in [1.807, 2.05) is 0 Å². The van der Waals surface area contributed by atoms with Gasteiger partial charge in [-0.1, -0.05) is 0 Å². The third-order valence-corrected chi connectivity index (χ3v) is 1.61. The molecule has 0 atom stereocenters. The fourth-order valence-corrected chi connectivity index (χ4v) is 1.01. The Balaban J connectivity index is 3.37. The average Bonchev–Trinajstić information content (AvgIpc) is 1.94. The first-order chi connectivity index (χ1) is 5.82. The Morgan fingerprint density at radius 2 is 1.85 bits per heavy atom. The van der Waals surface area contributed by atoms with Crippen LogP contribution in [0.1, 0.15) is 11.1 Å². The first-order valence-electron chi connectivity index (χ1n) is 3.48. The third kappa shape index (κ3) is 1.85. The van der Waals surface area contributed by atoms with Gasteiger partial charge in [0.25, 0.3) is 0 Å². The average molecular weight is 191 g/mol. The topological polar surface area (TPSA) is 46.2 Å². The van der Waals surface area contributed by atoms with E-state index in [1.54, 1.807) is 0 Å². The van der Waals surface area contributed by atoms with Crippen LogP contribution in [0.2, 0.25) is 0 Å². The van der Waals surface area contributed by atoms with E-state index in [2.05, 4.69) is 0 Å². The molecule has 0 unspecified atom stereocenters. The van der Waals surface area contributed by atoms with Crippen molar-refractivity contribution >= 4 is 5.69 Å². The van der Waals surface area contributed by atoms with Gasteiger partial charge in [-0.05, 0) is 24.6 Å². The second-order valence-electron chi connectivity index (χ2n) is 2.74. The molecular weight excluding hydrogens is 183 g/mol. The monoisotopic (exact) mass is 191 g/mol. The second kappa shape index (κ2) is 2.83. The van der Waals surface area contributed by atoms with Crippen LogP contribution in [0.4, 0.5) is 18.9 Å². The summed E-state index contributed by atoms with van der Waals surface area (Å²) < 4.78 is 36.7. The van der Waals surface area contributed by atoms with Crippen LogP contribution >= 0.6 is 0 Å². The molecular formula is C8H8F3NO. The molecule has 0 aliphatic carbocycles. The number of rotatable bonds is 0. The molecule has 0 spiro atoms. The minimum absolute atomic E-state index is 0.319. The molecule has 3 N–H and O–H groups in total. The maximum Gasteiger partial charge on any atom is 0.418 e. The summed E-state index contributed by atoms with van der Waals surface area (Å²) in [5, 5.41) is 9.02. The van der Waals surface area contributed by atoms with E-state index in [1.165, 1.54) is 13.0 Å². The summed E-state index contributed by atoms with van der Waals surface area (Å²) >= 11 is 0. The van der Waals surface area contributed by atoms with Gasteiger partial charge in [0.2, 0.25) is 0 Å². The lowest BCUT2D eigenvalue weighted by atomic mass is 10.1. The molecule has 13 heavy (non-hydrogen) atoms. The minimum atomic E-state index is -4.52. The van der Waals surface area contributed by atoms with Gasteiger partial charge in [-0.25, -0.2) is 0 Å². The Labute approximate surface area is 72.8 Å². The zero-order chi connectivity index (χ0) is 10.2. The van der Waals surface area contributed by atoms with Gasteiger partial charge in [0.05, 0.1) is 11.3 Å². The van der Waals surface area contributed by atoms with Crippen LogP contribution in [0.25, 0.3) is 0 Å². The molecule has 1 aromatic carbocycles. The Bertz CT molecular complexity index is 333. The van der Waals surface area contributed by atoms with Crippen molar-refractivity contribution in [2.75, 3.05) is 5.73 Å². The van der Waals surface area contributed by atoms with Gasteiger partial charge in [-0.2, -0.15) is 13.2 Å². The number of hydrogen-bond acceptors (Lipinski definition) is 2. The number of nitrogens with two attached hydrogens (primary N) is 1. The molecule has 1 aromatic rings. The van der Waals surface area contributed by atoms with Gasteiger partial charge in [-0.15, -0.1) is 0 Å². The number of aromatic hydroxyl groups is 1. The van der Waals surface area contributed by atoms with Crippen LogP contribution in [-0.4, -0.2) is 5.11 Å². The summed E-state index contributed by atoms with van der Waals surface area (Å²) in [4.78, 5) is 0. The third-order valence-electron chi connectivity index (χ3n) is 1.61.